The summed E-state index contributed by atoms with van der Waals surface area (Å²) in [4.78, 5) is 9.07. The van der Waals surface area contributed by atoms with E-state index in [0.717, 1.165) is 43.1 Å². The molecule has 1 fully saturated rings. The zero-order valence-electron chi connectivity index (χ0n) is 16.5. The highest BCUT2D eigenvalue weighted by molar-refractivity contribution is 5.65. The maximum atomic E-state index is 13.4. The summed E-state index contributed by atoms with van der Waals surface area (Å²) in [5.74, 6) is 0.465. The number of piperazine rings is 1. The van der Waals surface area contributed by atoms with Gasteiger partial charge in [-0.25, -0.2) is 9.37 Å². The number of nitrogens with zero attached hydrogens (tertiary/aromatic N) is 4. The third kappa shape index (κ3) is 6.65. The molecule has 0 amide bonds. The number of benzene rings is 1. The van der Waals surface area contributed by atoms with Crippen LogP contribution in [0.5, 0.6) is 0 Å². The van der Waals surface area contributed by atoms with Gasteiger partial charge in [-0.05, 0) is 36.9 Å². The minimum Gasteiger partial charge on any atom is -0.354 e. The van der Waals surface area contributed by atoms with E-state index < -0.39 is 5.82 Å². The third-order valence-corrected chi connectivity index (χ3v) is 4.00. The predicted octanol–water partition coefficient (Wildman–Crippen LogP) is 5.20. The summed E-state index contributed by atoms with van der Waals surface area (Å²) in [6.45, 7) is 12.0. The van der Waals surface area contributed by atoms with Crippen LogP contribution in [0.2, 0.25) is 0 Å². The molecule has 0 saturated carbocycles. The highest BCUT2D eigenvalue weighted by atomic mass is 19.1. The van der Waals surface area contributed by atoms with Gasteiger partial charge in [-0.15, -0.1) is 0 Å². The van der Waals surface area contributed by atoms with Crippen molar-refractivity contribution < 1.29 is 4.39 Å². The van der Waals surface area contributed by atoms with Gasteiger partial charge in [0.15, 0.2) is 0 Å². The Morgan fingerprint density at radius 1 is 0.963 bits per heavy atom. The number of halogens is 1. The normalized spacial score (nSPS) is 13.1. The minimum atomic E-state index is -0.492. The highest BCUT2D eigenvalue weighted by Crippen LogP contribution is 2.23. The Bertz CT molecular complexity index is 699. The number of hydrogen-bond donors (Lipinski definition) is 0. The minimum absolute atomic E-state index is 0. The largest absolute Gasteiger partial charge is 0.354 e. The van der Waals surface area contributed by atoms with Crippen LogP contribution in [0.4, 0.5) is 10.2 Å². The first-order valence-corrected chi connectivity index (χ1v) is 9.27. The van der Waals surface area contributed by atoms with Crippen molar-refractivity contribution in [1.82, 2.24) is 9.88 Å². The van der Waals surface area contributed by atoms with Crippen molar-refractivity contribution in [3.8, 4) is 17.2 Å². The lowest BCUT2D eigenvalue weighted by molar-refractivity contribution is 0.312. The van der Waals surface area contributed by atoms with Crippen molar-refractivity contribution in [2.75, 3.05) is 38.1 Å². The number of nitriles is 1. The van der Waals surface area contributed by atoms with Crippen LogP contribution in [0.15, 0.2) is 36.5 Å². The summed E-state index contributed by atoms with van der Waals surface area (Å²) in [7, 11) is 2.12. The van der Waals surface area contributed by atoms with Gasteiger partial charge in [0.25, 0.3) is 0 Å². The van der Waals surface area contributed by atoms with E-state index in [1.807, 2.05) is 45.9 Å². The standard InChI is InChI=1S/C17H17FN4.2C2H6.CH4/c1-21-6-8-22(9-7-21)17-5-3-14(12-20-17)13-2-4-16(18)15(10-13)11-19;2*1-2;/h2-5,10,12H,6-9H2,1H3;2*1-2H3;1H4. The molecule has 0 bridgehead atoms. The fourth-order valence-corrected chi connectivity index (χ4v) is 2.57. The summed E-state index contributed by atoms with van der Waals surface area (Å²) in [6, 6.07) is 10.4. The second kappa shape index (κ2) is 12.8. The topological polar surface area (TPSA) is 43.2 Å². The molecule has 0 atom stereocenters. The zero-order valence-corrected chi connectivity index (χ0v) is 16.5. The number of pyridine rings is 1. The van der Waals surface area contributed by atoms with Crippen LogP contribution in [0, 0.1) is 17.1 Å². The van der Waals surface area contributed by atoms with E-state index in [1.54, 1.807) is 18.3 Å². The monoisotopic (exact) mass is 372 g/mol. The summed E-state index contributed by atoms with van der Waals surface area (Å²) in [5.41, 5.74) is 1.74. The van der Waals surface area contributed by atoms with Crippen LogP contribution in [0.3, 0.4) is 0 Å². The number of likely N-dealkylation sites (N-methyl/N-ethyl adjacent to an activating group) is 1. The number of anilines is 1. The van der Waals surface area contributed by atoms with Gasteiger partial charge in [0, 0.05) is 37.9 Å². The Kier molecular flexibility index (Phi) is 11.7. The molecule has 0 spiro atoms. The molecule has 0 aliphatic carbocycles. The lowest BCUT2D eigenvalue weighted by atomic mass is 10.0. The molecule has 1 aromatic carbocycles. The molecule has 2 heterocycles. The number of aromatic nitrogens is 1. The Morgan fingerprint density at radius 3 is 2.07 bits per heavy atom. The average Bonchev–Trinajstić information content (AvgIpc) is 2.72. The summed E-state index contributed by atoms with van der Waals surface area (Å²) in [6.07, 6.45) is 1.78. The molecule has 3 rings (SSSR count). The highest BCUT2D eigenvalue weighted by Gasteiger charge is 2.15. The molecule has 4 nitrogen and oxygen atoms in total. The van der Waals surface area contributed by atoms with E-state index in [9.17, 15) is 4.39 Å². The van der Waals surface area contributed by atoms with Crippen LogP contribution in [0.1, 0.15) is 40.7 Å². The molecule has 1 saturated heterocycles. The molecule has 0 unspecified atom stereocenters. The fourth-order valence-electron chi connectivity index (χ4n) is 2.57. The van der Waals surface area contributed by atoms with Crippen molar-refractivity contribution in [3.63, 3.8) is 0 Å². The second-order valence-electron chi connectivity index (χ2n) is 5.50. The maximum Gasteiger partial charge on any atom is 0.140 e. The molecule has 148 valence electrons. The van der Waals surface area contributed by atoms with Crippen molar-refractivity contribution in [2.24, 2.45) is 0 Å². The van der Waals surface area contributed by atoms with Gasteiger partial charge in [-0.3, -0.25) is 0 Å². The number of rotatable bonds is 2. The molecule has 0 N–H and O–H groups in total. The predicted molar refractivity (Wildman–Crippen MR) is 113 cm³/mol. The first-order chi connectivity index (χ1) is 12.7. The zero-order chi connectivity index (χ0) is 19.5. The van der Waals surface area contributed by atoms with Crippen LogP contribution < -0.4 is 4.90 Å². The Hall–Kier alpha value is -2.45. The van der Waals surface area contributed by atoms with Gasteiger partial charge in [0.2, 0.25) is 0 Å². The second-order valence-corrected chi connectivity index (χ2v) is 5.50. The van der Waals surface area contributed by atoms with E-state index in [1.165, 1.54) is 6.07 Å². The van der Waals surface area contributed by atoms with E-state index >= 15 is 0 Å². The average molecular weight is 373 g/mol. The third-order valence-electron chi connectivity index (χ3n) is 4.00. The van der Waals surface area contributed by atoms with Gasteiger partial charge >= 0.3 is 0 Å². The molecule has 5 heteroatoms. The van der Waals surface area contributed by atoms with Gasteiger partial charge in [-0.2, -0.15) is 5.26 Å². The van der Waals surface area contributed by atoms with Crippen LogP contribution in [-0.2, 0) is 0 Å². The summed E-state index contributed by atoms with van der Waals surface area (Å²) >= 11 is 0. The SMILES string of the molecule is C.CC.CC.CN1CCN(c2ccc(-c3ccc(F)c(C#N)c3)cn2)CC1. The van der Waals surface area contributed by atoms with Crippen LogP contribution in [0.25, 0.3) is 11.1 Å². The van der Waals surface area contributed by atoms with E-state index in [2.05, 4.69) is 21.8 Å². The first-order valence-electron chi connectivity index (χ1n) is 9.27. The fraction of sp³-hybridized carbons (Fsp3) is 0.455. The van der Waals surface area contributed by atoms with Gasteiger partial charge in [0.1, 0.15) is 17.7 Å². The van der Waals surface area contributed by atoms with E-state index in [-0.39, 0.29) is 13.0 Å². The van der Waals surface area contributed by atoms with Gasteiger partial charge in [-0.1, -0.05) is 41.2 Å². The van der Waals surface area contributed by atoms with E-state index in [0.29, 0.717) is 0 Å². The van der Waals surface area contributed by atoms with Crippen molar-refractivity contribution in [3.05, 3.63) is 47.9 Å². The smallest absolute Gasteiger partial charge is 0.140 e. The van der Waals surface area contributed by atoms with Crippen LogP contribution in [-0.4, -0.2) is 43.1 Å². The van der Waals surface area contributed by atoms with Gasteiger partial charge in [0.05, 0.1) is 5.56 Å². The molecule has 0 radical (unpaired) electrons. The quantitative estimate of drug-likeness (QED) is 0.727. The lowest BCUT2D eigenvalue weighted by Gasteiger charge is -2.33. The molecule has 1 aromatic heterocycles. The molecule has 2 aromatic rings. The van der Waals surface area contributed by atoms with Crippen molar-refractivity contribution >= 4 is 5.82 Å². The van der Waals surface area contributed by atoms with E-state index in [4.69, 9.17) is 5.26 Å². The van der Waals surface area contributed by atoms with Gasteiger partial charge < -0.3 is 9.80 Å². The number of hydrogen-bond acceptors (Lipinski definition) is 4. The summed E-state index contributed by atoms with van der Waals surface area (Å²) < 4.78 is 13.4. The van der Waals surface area contributed by atoms with Crippen molar-refractivity contribution in [2.45, 2.75) is 35.1 Å². The lowest BCUT2D eigenvalue weighted by Crippen LogP contribution is -2.44. The van der Waals surface area contributed by atoms with Crippen LogP contribution >= 0.6 is 0 Å². The molecular formula is C22H33FN4. The molecule has 1 aliphatic rings. The first kappa shape index (κ1) is 24.6. The molecule has 1 aliphatic heterocycles. The summed E-state index contributed by atoms with van der Waals surface area (Å²) in [5, 5.41) is 8.91. The molecule has 27 heavy (non-hydrogen) atoms. The molecular weight excluding hydrogens is 339 g/mol. The Balaban J connectivity index is 0.00000127. The van der Waals surface area contributed by atoms with Crippen molar-refractivity contribution in [1.29, 1.82) is 5.26 Å². The Labute approximate surface area is 164 Å². The Morgan fingerprint density at radius 2 is 1.56 bits per heavy atom. The maximum absolute atomic E-state index is 13.4.